The number of amides is 1. The Morgan fingerprint density at radius 1 is 1.17 bits per heavy atom. The predicted octanol–water partition coefficient (Wildman–Crippen LogP) is 1.33. The van der Waals surface area contributed by atoms with Crippen LogP contribution in [0.1, 0.15) is 20.3 Å². The van der Waals surface area contributed by atoms with Crippen LogP contribution in [0, 0.1) is 0 Å². The summed E-state index contributed by atoms with van der Waals surface area (Å²) in [7, 11) is -3.47. The number of nitrogens with one attached hydrogen (secondary N) is 1. The molecule has 1 unspecified atom stereocenters. The minimum absolute atomic E-state index is 0. The molecule has 0 spiro atoms. The number of hydrogen-bond donors (Lipinski definition) is 1. The molecule has 24 heavy (non-hydrogen) atoms. The molecular weight excluding hydrogens is 350 g/mol. The summed E-state index contributed by atoms with van der Waals surface area (Å²) in [5.74, 6) is 0.0372. The first-order chi connectivity index (χ1) is 11.0. The molecule has 2 rings (SSSR count). The Balaban J connectivity index is 0.00000288. The van der Waals surface area contributed by atoms with Crippen molar-refractivity contribution in [3.8, 4) is 0 Å². The smallest absolute Gasteiger partial charge is 0.243 e. The van der Waals surface area contributed by atoms with Crippen LogP contribution in [0.2, 0.25) is 0 Å². The van der Waals surface area contributed by atoms with Crippen molar-refractivity contribution in [3.05, 3.63) is 30.3 Å². The normalized spacial score (nSPS) is 17.2. The van der Waals surface area contributed by atoms with Crippen LogP contribution in [-0.4, -0.2) is 62.3 Å². The highest BCUT2D eigenvalue weighted by Gasteiger charge is 2.31. The largest absolute Gasteiger partial charge is 0.339 e. The summed E-state index contributed by atoms with van der Waals surface area (Å²) >= 11 is 0. The number of benzene rings is 1. The second-order valence-corrected chi connectivity index (χ2v) is 7.66. The fourth-order valence-electron chi connectivity index (χ4n) is 2.61. The van der Waals surface area contributed by atoms with Crippen molar-refractivity contribution in [2.24, 2.45) is 0 Å². The fraction of sp³-hybridized carbons (Fsp3) is 0.562. The zero-order valence-electron chi connectivity index (χ0n) is 14.1. The van der Waals surface area contributed by atoms with E-state index in [1.165, 1.54) is 4.31 Å². The van der Waals surface area contributed by atoms with E-state index in [0.29, 0.717) is 31.1 Å². The van der Waals surface area contributed by atoms with Crippen LogP contribution in [0.5, 0.6) is 0 Å². The van der Waals surface area contributed by atoms with Crippen LogP contribution in [0.4, 0.5) is 0 Å². The van der Waals surface area contributed by atoms with Gasteiger partial charge in [-0.25, -0.2) is 8.42 Å². The molecule has 1 aliphatic rings. The molecule has 1 atom stereocenters. The number of halogens is 1. The van der Waals surface area contributed by atoms with E-state index in [2.05, 4.69) is 12.2 Å². The van der Waals surface area contributed by atoms with Crippen LogP contribution in [0.15, 0.2) is 35.2 Å². The molecule has 1 aliphatic heterocycles. The van der Waals surface area contributed by atoms with Crippen LogP contribution in [0.25, 0.3) is 0 Å². The van der Waals surface area contributed by atoms with Crippen LogP contribution < -0.4 is 5.32 Å². The third kappa shape index (κ3) is 4.92. The van der Waals surface area contributed by atoms with E-state index < -0.39 is 10.0 Å². The Morgan fingerprint density at radius 3 is 2.29 bits per heavy atom. The van der Waals surface area contributed by atoms with E-state index in [4.69, 9.17) is 0 Å². The summed E-state index contributed by atoms with van der Waals surface area (Å²) in [4.78, 5) is 14.4. The van der Waals surface area contributed by atoms with Crippen LogP contribution >= 0.6 is 12.4 Å². The summed E-state index contributed by atoms with van der Waals surface area (Å²) in [5, 5.41) is 3.17. The zero-order valence-corrected chi connectivity index (χ0v) is 15.8. The van der Waals surface area contributed by atoms with Crippen LogP contribution in [0.3, 0.4) is 0 Å². The Bertz CT molecular complexity index is 617. The summed E-state index contributed by atoms with van der Waals surface area (Å²) in [6.07, 6.45) is 0.973. The second-order valence-electron chi connectivity index (χ2n) is 5.72. The van der Waals surface area contributed by atoms with E-state index >= 15 is 0 Å². The molecule has 1 aromatic carbocycles. The molecule has 1 N–H and O–H groups in total. The highest BCUT2D eigenvalue weighted by atomic mass is 35.5. The van der Waals surface area contributed by atoms with Gasteiger partial charge in [-0.3, -0.25) is 4.79 Å². The zero-order chi connectivity index (χ0) is 16.9. The average molecular weight is 376 g/mol. The fourth-order valence-corrected chi connectivity index (χ4v) is 4.06. The molecule has 0 bridgehead atoms. The van der Waals surface area contributed by atoms with E-state index in [1.54, 1.807) is 35.2 Å². The molecule has 136 valence electrons. The van der Waals surface area contributed by atoms with Gasteiger partial charge in [-0.05, 0) is 32.0 Å². The van der Waals surface area contributed by atoms with Gasteiger partial charge in [-0.2, -0.15) is 4.31 Å². The molecule has 1 amide bonds. The monoisotopic (exact) mass is 375 g/mol. The first kappa shape index (κ1) is 20.9. The number of piperazine rings is 1. The third-order valence-corrected chi connectivity index (χ3v) is 5.92. The first-order valence-corrected chi connectivity index (χ1v) is 9.48. The number of sulfonamides is 1. The molecule has 0 radical (unpaired) electrons. The van der Waals surface area contributed by atoms with Crippen molar-refractivity contribution in [2.75, 3.05) is 32.7 Å². The maximum absolute atomic E-state index is 12.5. The van der Waals surface area contributed by atoms with Crippen molar-refractivity contribution < 1.29 is 13.2 Å². The van der Waals surface area contributed by atoms with E-state index in [1.807, 2.05) is 6.92 Å². The maximum Gasteiger partial charge on any atom is 0.243 e. The van der Waals surface area contributed by atoms with E-state index in [-0.39, 0.29) is 24.4 Å². The van der Waals surface area contributed by atoms with Crippen molar-refractivity contribution >= 4 is 28.3 Å². The standard InChI is InChI=1S/C16H25N3O3S.ClH/c1-3-9-17-14(2)16(20)18-10-12-19(13-11-18)23(21,22)15-7-5-4-6-8-15;/h4-8,14,17H,3,9-13H2,1-2H3;1H. The molecule has 1 saturated heterocycles. The van der Waals surface area contributed by atoms with Gasteiger partial charge in [0.15, 0.2) is 0 Å². The second kappa shape index (κ2) is 9.36. The van der Waals surface area contributed by atoms with Crippen LogP contribution in [-0.2, 0) is 14.8 Å². The van der Waals surface area contributed by atoms with Gasteiger partial charge in [0, 0.05) is 26.2 Å². The van der Waals surface area contributed by atoms with Gasteiger partial charge in [-0.15, -0.1) is 12.4 Å². The van der Waals surface area contributed by atoms with Gasteiger partial charge in [0.2, 0.25) is 15.9 Å². The Labute approximate surface area is 150 Å². The number of carbonyl (C=O) groups excluding carboxylic acids is 1. The Morgan fingerprint density at radius 2 is 1.75 bits per heavy atom. The van der Waals surface area contributed by atoms with Crippen molar-refractivity contribution in [1.82, 2.24) is 14.5 Å². The molecule has 1 fully saturated rings. The SMILES string of the molecule is CCCNC(C)C(=O)N1CCN(S(=O)(=O)c2ccccc2)CC1.Cl. The molecule has 6 nitrogen and oxygen atoms in total. The minimum Gasteiger partial charge on any atom is -0.339 e. The van der Waals surface area contributed by atoms with Crippen molar-refractivity contribution in [2.45, 2.75) is 31.2 Å². The molecule has 1 aromatic rings. The number of nitrogens with zero attached hydrogens (tertiary/aromatic N) is 2. The summed E-state index contributed by atoms with van der Waals surface area (Å²) < 4.78 is 26.6. The van der Waals surface area contributed by atoms with Gasteiger partial charge in [0.25, 0.3) is 0 Å². The van der Waals surface area contributed by atoms with E-state index in [0.717, 1.165) is 13.0 Å². The molecular formula is C16H26ClN3O3S. The van der Waals surface area contributed by atoms with Crippen molar-refractivity contribution in [3.63, 3.8) is 0 Å². The molecule has 8 heteroatoms. The molecule has 0 saturated carbocycles. The quantitative estimate of drug-likeness (QED) is 0.814. The summed E-state index contributed by atoms with van der Waals surface area (Å²) in [5.41, 5.74) is 0. The minimum atomic E-state index is -3.47. The Kier molecular flexibility index (Phi) is 8.15. The summed E-state index contributed by atoms with van der Waals surface area (Å²) in [6.45, 7) is 6.25. The number of rotatable bonds is 6. The molecule has 1 heterocycles. The van der Waals surface area contributed by atoms with Gasteiger partial charge in [-0.1, -0.05) is 25.1 Å². The van der Waals surface area contributed by atoms with E-state index in [9.17, 15) is 13.2 Å². The van der Waals surface area contributed by atoms with Gasteiger partial charge in [0.05, 0.1) is 10.9 Å². The highest BCUT2D eigenvalue weighted by Crippen LogP contribution is 2.17. The predicted molar refractivity (Wildman–Crippen MR) is 96.8 cm³/mol. The van der Waals surface area contributed by atoms with Gasteiger partial charge < -0.3 is 10.2 Å². The lowest BCUT2D eigenvalue weighted by molar-refractivity contribution is -0.134. The Hall–Kier alpha value is -1.15. The summed E-state index contributed by atoms with van der Waals surface area (Å²) in [6, 6.07) is 8.20. The lowest BCUT2D eigenvalue weighted by Crippen LogP contribution is -2.54. The van der Waals surface area contributed by atoms with Gasteiger partial charge in [0.1, 0.15) is 0 Å². The van der Waals surface area contributed by atoms with Gasteiger partial charge >= 0.3 is 0 Å². The lowest BCUT2D eigenvalue weighted by Gasteiger charge is -2.35. The molecule has 0 aromatic heterocycles. The average Bonchev–Trinajstić information content (AvgIpc) is 2.59. The maximum atomic E-state index is 12.5. The number of carbonyl (C=O) groups is 1. The third-order valence-electron chi connectivity index (χ3n) is 4.00. The van der Waals surface area contributed by atoms with Crippen molar-refractivity contribution in [1.29, 1.82) is 0 Å². The highest BCUT2D eigenvalue weighted by molar-refractivity contribution is 7.89. The lowest BCUT2D eigenvalue weighted by atomic mass is 10.2. The number of hydrogen-bond acceptors (Lipinski definition) is 4. The molecule has 0 aliphatic carbocycles. The first-order valence-electron chi connectivity index (χ1n) is 8.04. The topological polar surface area (TPSA) is 69.7 Å².